The van der Waals surface area contributed by atoms with Crippen molar-refractivity contribution in [3.05, 3.63) is 34.9 Å². The Kier molecular flexibility index (Phi) is 4.67. The number of nitrogens with one attached hydrogen (secondary N) is 1. The average molecular weight is 291 g/mol. The topological polar surface area (TPSA) is 52.9 Å². The van der Waals surface area contributed by atoms with Gasteiger partial charge in [0.05, 0.1) is 12.5 Å². The van der Waals surface area contributed by atoms with Crippen molar-refractivity contribution in [2.75, 3.05) is 0 Å². The summed E-state index contributed by atoms with van der Waals surface area (Å²) in [6.45, 7) is 2.19. The molecule has 1 aromatic rings. The number of nitrogens with zero attached hydrogens (tertiary/aromatic N) is 1. The molecule has 1 saturated carbocycles. The van der Waals surface area contributed by atoms with E-state index in [4.69, 9.17) is 11.6 Å². The van der Waals surface area contributed by atoms with Crippen molar-refractivity contribution < 1.29 is 4.79 Å². The van der Waals surface area contributed by atoms with E-state index in [1.54, 1.807) is 6.07 Å². The SMILES string of the molecule is CC1CCC(C#N)(NC(=O)Cc2ccccc2Cl)CC1. The summed E-state index contributed by atoms with van der Waals surface area (Å²) in [5.41, 5.74) is 0.106. The molecule has 0 spiro atoms. The van der Waals surface area contributed by atoms with E-state index in [1.807, 2.05) is 18.2 Å². The Morgan fingerprint density at radius 2 is 2.10 bits per heavy atom. The van der Waals surface area contributed by atoms with Crippen LogP contribution in [0.5, 0.6) is 0 Å². The van der Waals surface area contributed by atoms with Gasteiger partial charge >= 0.3 is 0 Å². The Labute approximate surface area is 124 Å². The fraction of sp³-hybridized carbons (Fsp3) is 0.500. The van der Waals surface area contributed by atoms with Crippen LogP contribution in [0.4, 0.5) is 0 Å². The van der Waals surface area contributed by atoms with Gasteiger partial charge in [0.2, 0.25) is 5.91 Å². The molecule has 0 aromatic heterocycles. The van der Waals surface area contributed by atoms with Crippen LogP contribution in [0, 0.1) is 17.2 Å². The Morgan fingerprint density at radius 3 is 2.70 bits per heavy atom. The van der Waals surface area contributed by atoms with Crippen molar-refractivity contribution in [2.45, 2.75) is 44.6 Å². The van der Waals surface area contributed by atoms with E-state index in [-0.39, 0.29) is 12.3 Å². The fourth-order valence-corrected chi connectivity index (χ4v) is 2.85. The van der Waals surface area contributed by atoms with Crippen LogP contribution in [0.1, 0.15) is 38.2 Å². The van der Waals surface area contributed by atoms with Gasteiger partial charge in [-0.05, 0) is 43.2 Å². The molecule has 0 aliphatic heterocycles. The lowest BCUT2D eigenvalue weighted by Gasteiger charge is -2.34. The predicted molar refractivity (Wildman–Crippen MR) is 79.3 cm³/mol. The molecule has 20 heavy (non-hydrogen) atoms. The van der Waals surface area contributed by atoms with E-state index in [2.05, 4.69) is 18.3 Å². The maximum atomic E-state index is 12.2. The van der Waals surface area contributed by atoms with Gasteiger partial charge in [-0.15, -0.1) is 0 Å². The first-order valence-electron chi connectivity index (χ1n) is 7.00. The fourth-order valence-electron chi connectivity index (χ4n) is 2.65. The first kappa shape index (κ1) is 14.9. The third-order valence-corrected chi connectivity index (χ3v) is 4.40. The minimum absolute atomic E-state index is 0.130. The van der Waals surface area contributed by atoms with Gasteiger partial charge in [0.1, 0.15) is 5.54 Å². The summed E-state index contributed by atoms with van der Waals surface area (Å²) < 4.78 is 0. The van der Waals surface area contributed by atoms with E-state index in [0.717, 1.165) is 31.2 Å². The van der Waals surface area contributed by atoms with Crippen LogP contribution in [-0.2, 0) is 11.2 Å². The van der Waals surface area contributed by atoms with Crippen LogP contribution < -0.4 is 5.32 Å². The lowest BCUT2D eigenvalue weighted by atomic mass is 9.78. The molecule has 0 bridgehead atoms. The van der Waals surface area contributed by atoms with Gasteiger partial charge in [-0.3, -0.25) is 4.79 Å². The number of hydrogen-bond acceptors (Lipinski definition) is 2. The summed E-state index contributed by atoms with van der Waals surface area (Å²) >= 11 is 6.05. The number of hydrogen-bond donors (Lipinski definition) is 1. The highest BCUT2D eigenvalue weighted by molar-refractivity contribution is 6.31. The van der Waals surface area contributed by atoms with Gasteiger partial charge in [0.15, 0.2) is 0 Å². The second-order valence-corrected chi connectivity index (χ2v) is 6.10. The summed E-state index contributed by atoms with van der Waals surface area (Å²) in [5.74, 6) is 0.506. The van der Waals surface area contributed by atoms with Crippen LogP contribution in [-0.4, -0.2) is 11.4 Å². The molecule has 4 heteroatoms. The van der Waals surface area contributed by atoms with Gasteiger partial charge in [0.25, 0.3) is 0 Å². The Balaban J connectivity index is 2.00. The van der Waals surface area contributed by atoms with E-state index < -0.39 is 5.54 Å². The number of nitriles is 1. The average Bonchev–Trinajstić information content (AvgIpc) is 2.44. The molecule has 0 heterocycles. The number of halogens is 1. The number of carbonyl (C=O) groups is 1. The first-order valence-corrected chi connectivity index (χ1v) is 7.38. The zero-order valence-electron chi connectivity index (χ0n) is 11.7. The van der Waals surface area contributed by atoms with Gasteiger partial charge in [0, 0.05) is 5.02 Å². The Hall–Kier alpha value is -1.53. The van der Waals surface area contributed by atoms with Crippen molar-refractivity contribution in [2.24, 2.45) is 5.92 Å². The normalized spacial score (nSPS) is 25.8. The molecule has 1 N–H and O–H groups in total. The summed E-state index contributed by atoms with van der Waals surface area (Å²) in [5, 5.41) is 12.9. The van der Waals surface area contributed by atoms with Crippen LogP contribution in [0.3, 0.4) is 0 Å². The third-order valence-electron chi connectivity index (χ3n) is 4.03. The monoisotopic (exact) mass is 290 g/mol. The van der Waals surface area contributed by atoms with Crippen LogP contribution in [0.15, 0.2) is 24.3 Å². The molecule has 1 aromatic carbocycles. The molecule has 0 saturated heterocycles. The maximum Gasteiger partial charge on any atom is 0.225 e. The van der Waals surface area contributed by atoms with Crippen LogP contribution in [0.25, 0.3) is 0 Å². The number of rotatable bonds is 3. The quantitative estimate of drug-likeness (QED) is 0.927. The first-order chi connectivity index (χ1) is 9.54. The summed E-state index contributed by atoms with van der Waals surface area (Å²) in [6.07, 6.45) is 3.66. The summed E-state index contributed by atoms with van der Waals surface area (Å²) in [7, 11) is 0. The summed E-state index contributed by atoms with van der Waals surface area (Å²) in [6, 6.07) is 9.61. The molecule has 1 aliphatic carbocycles. The van der Waals surface area contributed by atoms with Gasteiger partial charge < -0.3 is 5.32 Å². The second kappa shape index (κ2) is 6.28. The molecule has 0 radical (unpaired) electrons. The lowest BCUT2D eigenvalue weighted by Crippen LogP contribution is -2.50. The van der Waals surface area contributed by atoms with Crippen molar-refractivity contribution >= 4 is 17.5 Å². The largest absolute Gasteiger partial charge is 0.338 e. The molecule has 1 fully saturated rings. The van der Waals surface area contributed by atoms with Crippen molar-refractivity contribution in [1.82, 2.24) is 5.32 Å². The predicted octanol–water partition coefficient (Wildman–Crippen LogP) is 3.47. The molecule has 2 rings (SSSR count). The smallest absolute Gasteiger partial charge is 0.225 e. The van der Waals surface area contributed by atoms with Crippen LogP contribution in [0.2, 0.25) is 5.02 Å². The molecule has 1 amide bonds. The highest BCUT2D eigenvalue weighted by Gasteiger charge is 2.35. The third kappa shape index (κ3) is 3.52. The minimum Gasteiger partial charge on any atom is -0.338 e. The van der Waals surface area contributed by atoms with E-state index in [1.165, 1.54) is 0 Å². The summed E-state index contributed by atoms with van der Waals surface area (Å²) in [4.78, 5) is 12.2. The van der Waals surface area contributed by atoms with Crippen molar-refractivity contribution in [3.8, 4) is 6.07 Å². The van der Waals surface area contributed by atoms with Crippen LogP contribution >= 0.6 is 11.6 Å². The maximum absolute atomic E-state index is 12.2. The molecule has 0 unspecified atom stereocenters. The van der Waals surface area contributed by atoms with E-state index >= 15 is 0 Å². The highest BCUT2D eigenvalue weighted by Crippen LogP contribution is 2.31. The minimum atomic E-state index is -0.690. The molecule has 1 aliphatic rings. The standard InChI is InChI=1S/C16H19ClN2O/c1-12-6-8-16(11-18,9-7-12)19-15(20)10-13-4-2-3-5-14(13)17/h2-5,12H,6-10H2,1H3,(H,19,20). The van der Waals surface area contributed by atoms with Crippen molar-refractivity contribution in [1.29, 1.82) is 5.26 Å². The van der Waals surface area contributed by atoms with Crippen molar-refractivity contribution in [3.63, 3.8) is 0 Å². The Bertz CT molecular complexity index is 528. The van der Waals surface area contributed by atoms with E-state index in [0.29, 0.717) is 10.9 Å². The van der Waals surface area contributed by atoms with Gasteiger partial charge in [-0.1, -0.05) is 36.7 Å². The highest BCUT2D eigenvalue weighted by atomic mass is 35.5. The number of amides is 1. The number of carbonyl (C=O) groups excluding carboxylic acids is 1. The molecule has 106 valence electrons. The molecule has 0 atom stereocenters. The Morgan fingerprint density at radius 1 is 1.45 bits per heavy atom. The van der Waals surface area contributed by atoms with Gasteiger partial charge in [-0.2, -0.15) is 5.26 Å². The molecule has 3 nitrogen and oxygen atoms in total. The molecular weight excluding hydrogens is 272 g/mol. The van der Waals surface area contributed by atoms with E-state index in [9.17, 15) is 10.1 Å². The lowest BCUT2D eigenvalue weighted by molar-refractivity contribution is -0.122. The molecular formula is C16H19ClN2O. The zero-order chi connectivity index (χ0) is 14.6. The van der Waals surface area contributed by atoms with Gasteiger partial charge in [-0.25, -0.2) is 0 Å². The number of benzene rings is 1. The zero-order valence-corrected chi connectivity index (χ0v) is 12.4. The second-order valence-electron chi connectivity index (χ2n) is 5.69.